The van der Waals surface area contributed by atoms with Crippen LogP contribution in [0.5, 0.6) is 0 Å². The number of benzene rings is 1. The molecule has 0 saturated carbocycles. The number of hydrogen-bond donors (Lipinski definition) is 2. The molecular weight excluding hydrogens is 252 g/mol. The van der Waals surface area contributed by atoms with Crippen molar-refractivity contribution in [1.29, 1.82) is 0 Å². The standard InChI is InChI=1S/C16H24N2O2/c1-4-14(19)12-7-5-6-8-13(12)18-10-9-16(2,11-18)15(20)17-3/h5-8,14,19H,4,9-11H2,1-3H3,(H,17,20). The lowest BCUT2D eigenvalue weighted by molar-refractivity contribution is -0.128. The fraction of sp³-hybridized carbons (Fsp3) is 0.562. The second-order valence-electron chi connectivity index (χ2n) is 5.79. The molecule has 2 atom stereocenters. The van der Waals surface area contributed by atoms with Gasteiger partial charge in [-0.1, -0.05) is 25.1 Å². The summed E-state index contributed by atoms with van der Waals surface area (Å²) in [6.45, 7) is 5.52. The lowest BCUT2D eigenvalue weighted by Gasteiger charge is -2.26. The molecule has 2 N–H and O–H groups in total. The van der Waals surface area contributed by atoms with E-state index in [1.165, 1.54) is 0 Å². The summed E-state index contributed by atoms with van der Waals surface area (Å²) in [5.74, 6) is 0.0912. The summed E-state index contributed by atoms with van der Waals surface area (Å²) in [6, 6.07) is 7.94. The van der Waals surface area contributed by atoms with Crippen molar-refractivity contribution in [2.24, 2.45) is 5.41 Å². The monoisotopic (exact) mass is 276 g/mol. The van der Waals surface area contributed by atoms with Gasteiger partial charge in [-0.15, -0.1) is 0 Å². The predicted molar refractivity (Wildman–Crippen MR) is 80.7 cm³/mol. The van der Waals surface area contributed by atoms with Crippen LogP contribution >= 0.6 is 0 Å². The van der Waals surface area contributed by atoms with Gasteiger partial charge in [0.15, 0.2) is 0 Å². The maximum absolute atomic E-state index is 12.0. The molecule has 2 unspecified atom stereocenters. The molecule has 1 aliphatic rings. The molecule has 1 aromatic rings. The summed E-state index contributed by atoms with van der Waals surface area (Å²) in [6.07, 6.45) is 1.08. The van der Waals surface area contributed by atoms with Gasteiger partial charge in [-0.25, -0.2) is 0 Å². The van der Waals surface area contributed by atoms with Crippen molar-refractivity contribution in [3.8, 4) is 0 Å². The number of nitrogens with one attached hydrogen (secondary N) is 1. The maximum Gasteiger partial charge on any atom is 0.227 e. The van der Waals surface area contributed by atoms with Gasteiger partial charge < -0.3 is 15.3 Å². The molecule has 0 aliphatic carbocycles. The molecule has 20 heavy (non-hydrogen) atoms. The third-order valence-corrected chi connectivity index (χ3v) is 4.27. The van der Waals surface area contributed by atoms with Crippen LogP contribution in [0.1, 0.15) is 38.4 Å². The van der Waals surface area contributed by atoms with E-state index in [0.29, 0.717) is 13.0 Å². The van der Waals surface area contributed by atoms with E-state index in [-0.39, 0.29) is 11.3 Å². The van der Waals surface area contributed by atoms with Gasteiger partial charge in [-0.2, -0.15) is 0 Å². The van der Waals surface area contributed by atoms with Gasteiger partial charge in [-0.3, -0.25) is 4.79 Å². The fourth-order valence-corrected chi connectivity index (χ4v) is 2.93. The minimum atomic E-state index is -0.446. The molecule has 4 nitrogen and oxygen atoms in total. The topological polar surface area (TPSA) is 52.6 Å². The highest BCUT2D eigenvalue weighted by Crippen LogP contribution is 2.36. The van der Waals surface area contributed by atoms with E-state index in [1.807, 2.05) is 38.1 Å². The largest absolute Gasteiger partial charge is 0.388 e. The molecule has 2 rings (SSSR count). The number of nitrogens with zero attached hydrogens (tertiary/aromatic N) is 1. The molecule has 0 radical (unpaired) electrons. The normalized spacial score (nSPS) is 23.7. The Balaban J connectivity index is 2.24. The number of rotatable bonds is 4. The SMILES string of the molecule is CCC(O)c1ccccc1N1CCC(C)(C(=O)NC)C1. The highest BCUT2D eigenvalue weighted by atomic mass is 16.3. The first-order chi connectivity index (χ1) is 9.51. The zero-order chi connectivity index (χ0) is 14.8. The molecule has 0 spiro atoms. The van der Waals surface area contributed by atoms with Gasteiger partial charge in [0.05, 0.1) is 11.5 Å². The van der Waals surface area contributed by atoms with Crippen LogP contribution in [0.15, 0.2) is 24.3 Å². The molecule has 0 aromatic heterocycles. The van der Waals surface area contributed by atoms with Gasteiger partial charge in [0.2, 0.25) is 5.91 Å². The Labute approximate surface area is 120 Å². The van der Waals surface area contributed by atoms with Crippen LogP contribution in [0.2, 0.25) is 0 Å². The van der Waals surface area contributed by atoms with Gasteiger partial charge in [-0.05, 0) is 25.8 Å². The molecule has 110 valence electrons. The number of aliphatic hydroxyl groups excluding tert-OH is 1. The summed E-state index contributed by atoms with van der Waals surface area (Å²) >= 11 is 0. The van der Waals surface area contributed by atoms with Crippen molar-refractivity contribution in [3.05, 3.63) is 29.8 Å². The summed E-state index contributed by atoms with van der Waals surface area (Å²) in [5, 5.41) is 12.9. The minimum Gasteiger partial charge on any atom is -0.388 e. The molecule has 4 heteroatoms. The zero-order valence-corrected chi connectivity index (χ0v) is 12.5. The summed E-state index contributed by atoms with van der Waals surface area (Å²) in [4.78, 5) is 14.2. The number of carbonyl (C=O) groups is 1. The first-order valence-electron chi connectivity index (χ1n) is 7.26. The van der Waals surface area contributed by atoms with Crippen molar-refractivity contribution >= 4 is 11.6 Å². The molecular formula is C16H24N2O2. The quantitative estimate of drug-likeness (QED) is 0.885. The van der Waals surface area contributed by atoms with E-state index in [1.54, 1.807) is 7.05 Å². The van der Waals surface area contributed by atoms with Gasteiger partial charge in [0.25, 0.3) is 0 Å². The molecule has 1 amide bonds. The van der Waals surface area contributed by atoms with Crippen molar-refractivity contribution in [2.45, 2.75) is 32.8 Å². The van der Waals surface area contributed by atoms with E-state index in [4.69, 9.17) is 0 Å². The molecule has 1 heterocycles. The van der Waals surface area contributed by atoms with Crippen molar-refractivity contribution in [1.82, 2.24) is 5.32 Å². The number of anilines is 1. The molecule has 1 aromatic carbocycles. The first kappa shape index (κ1) is 14.9. The molecule has 1 saturated heterocycles. The van der Waals surface area contributed by atoms with Crippen LogP contribution in [0.3, 0.4) is 0 Å². The third-order valence-electron chi connectivity index (χ3n) is 4.27. The smallest absolute Gasteiger partial charge is 0.227 e. The number of carbonyl (C=O) groups excluding carboxylic acids is 1. The number of amides is 1. The Morgan fingerprint density at radius 1 is 1.50 bits per heavy atom. The van der Waals surface area contributed by atoms with Crippen LogP contribution in [0.25, 0.3) is 0 Å². The number of hydrogen-bond acceptors (Lipinski definition) is 3. The molecule has 1 fully saturated rings. The van der Waals surface area contributed by atoms with E-state index < -0.39 is 6.10 Å². The van der Waals surface area contributed by atoms with Crippen LogP contribution < -0.4 is 10.2 Å². The summed E-state index contributed by atoms with van der Waals surface area (Å²) in [7, 11) is 1.69. The van der Waals surface area contributed by atoms with Gasteiger partial charge in [0, 0.05) is 31.4 Å². The Morgan fingerprint density at radius 3 is 2.85 bits per heavy atom. The van der Waals surface area contributed by atoms with Gasteiger partial charge in [0.1, 0.15) is 0 Å². The summed E-state index contributed by atoms with van der Waals surface area (Å²) < 4.78 is 0. The fourth-order valence-electron chi connectivity index (χ4n) is 2.93. The third kappa shape index (κ3) is 2.66. The maximum atomic E-state index is 12.0. The van der Waals surface area contributed by atoms with Crippen molar-refractivity contribution in [2.75, 3.05) is 25.0 Å². The Hall–Kier alpha value is -1.55. The average molecular weight is 276 g/mol. The van der Waals surface area contributed by atoms with Crippen molar-refractivity contribution in [3.63, 3.8) is 0 Å². The second kappa shape index (κ2) is 5.83. The number of aliphatic hydroxyl groups is 1. The van der Waals surface area contributed by atoms with E-state index in [9.17, 15) is 9.90 Å². The lowest BCUT2D eigenvalue weighted by atomic mass is 9.89. The van der Waals surface area contributed by atoms with Crippen LogP contribution in [0.4, 0.5) is 5.69 Å². The summed E-state index contributed by atoms with van der Waals surface area (Å²) in [5.41, 5.74) is 1.66. The lowest BCUT2D eigenvalue weighted by Crippen LogP contribution is -2.39. The van der Waals surface area contributed by atoms with Crippen LogP contribution in [-0.4, -0.2) is 31.2 Å². The van der Waals surface area contributed by atoms with Gasteiger partial charge >= 0.3 is 0 Å². The average Bonchev–Trinajstić information content (AvgIpc) is 2.89. The number of para-hydroxylation sites is 1. The van der Waals surface area contributed by atoms with Crippen LogP contribution in [-0.2, 0) is 4.79 Å². The highest BCUT2D eigenvalue weighted by Gasteiger charge is 2.40. The van der Waals surface area contributed by atoms with E-state index in [2.05, 4.69) is 10.2 Å². The van der Waals surface area contributed by atoms with Crippen molar-refractivity contribution < 1.29 is 9.90 Å². The molecule has 0 bridgehead atoms. The molecule has 1 aliphatic heterocycles. The van der Waals surface area contributed by atoms with E-state index in [0.717, 1.165) is 24.2 Å². The Bertz CT molecular complexity index is 489. The van der Waals surface area contributed by atoms with E-state index >= 15 is 0 Å². The first-order valence-corrected chi connectivity index (χ1v) is 7.26. The Morgan fingerprint density at radius 2 is 2.20 bits per heavy atom. The Kier molecular flexibility index (Phi) is 4.33. The predicted octanol–water partition coefficient (Wildman–Crippen LogP) is 2.09. The minimum absolute atomic E-state index is 0.0912. The second-order valence-corrected chi connectivity index (χ2v) is 5.79. The zero-order valence-electron chi connectivity index (χ0n) is 12.5. The highest BCUT2D eigenvalue weighted by molar-refractivity contribution is 5.83. The van der Waals surface area contributed by atoms with Crippen LogP contribution in [0, 0.1) is 5.41 Å².